The number of fused-ring (bicyclic) bond motifs is 1. The molecule has 1 N–H and O–H groups in total. The number of likely N-dealkylation sites (tertiary alicyclic amines) is 1. The van der Waals surface area contributed by atoms with Gasteiger partial charge in [0.1, 0.15) is 24.0 Å². The third kappa shape index (κ3) is 7.38. The molecule has 4 aliphatic heterocycles. The van der Waals surface area contributed by atoms with Crippen LogP contribution in [0.1, 0.15) is 90.0 Å². The smallest absolute Gasteiger partial charge is 0.262 e. The van der Waals surface area contributed by atoms with Crippen molar-refractivity contribution >= 4 is 52.5 Å². The molecule has 8 rings (SSSR count). The summed E-state index contributed by atoms with van der Waals surface area (Å²) < 4.78 is 6.39. The van der Waals surface area contributed by atoms with E-state index < -0.39 is 23.8 Å². The molecule has 0 bridgehead atoms. The van der Waals surface area contributed by atoms with Gasteiger partial charge in [0.2, 0.25) is 5.91 Å². The molecule has 5 aliphatic rings. The molecule has 5 amide bonds. The number of amides is 5. The average Bonchev–Trinajstić information content (AvgIpc) is 3.49. The maximum absolute atomic E-state index is 13.5. The Labute approximate surface area is 356 Å². The first kappa shape index (κ1) is 41.3. The van der Waals surface area contributed by atoms with Crippen molar-refractivity contribution in [2.45, 2.75) is 71.6 Å². The van der Waals surface area contributed by atoms with Crippen LogP contribution in [0.25, 0.3) is 0 Å². The van der Waals surface area contributed by atoms with Crippen molar-refractivity contribution in [2.24, 2.45) is 16.7 Å². The van der Waals surface area contributed by atoms with E-state index in [-0.39, 0.29) is 47.6 Å². The van der Waals surface area contributed by atoms with Crippen LogP contribution in [0.3, 0.4) is 0 Å². The number of nitrogens with zero attached hydrogens (tertiary/aromatic N) is 6. The first-order chi connectivity index (χ1) is 28.6. The average molecular weight is 834 g/mol. The van der Waals surface area contributed by atoms with E-state index in [0.717, 1.165) is 79.8 Å². The van der Waals surface area contributed by atoms with E-state index in [1.165, 1.54) is 7.05 Å². The van der Waals surface area contributed by atoms with Crippen LogP contribution in [-0.4, -0.2) is 115 Å². The fourth-order valence-corrected chi connectivity index (χ4v) is 10.6. The molecule has 4 fully saturated rings. The molecule has 3 saturated heterocycles. The van der Waals surface area contributed by atoms with E-state index in [0.29, 0.717) is 38.9 Å². The normalized spacial score (nSPS) is 24.2. The highest BCUT2D eigenvalue weighted by molar-refractivity contribution is 6.31. The number of ether oxygens (including phenoxy) is 1. The van der Waals surface area contributed by atoms with E-state index in [1.54, 1.807) is 30.3 Å². The van der Waals surface area contributed by atoms with Gasteiger partial charge in [-0.15, -0.1) is 0 Å². The molecule has 1 aliphatic carbocycles. The molecule has 60 heavy (non-hydrogen) atoms. The molecule has 1 saturated carbocycles. The van der Waals surface area contributed by atoms with Crippen molar-refractivity contribution in [3.8, 4) is 11.8 Å². The molecule has 4 heterocycles. The van der Waals surface area contributed by atoms with E-state index in [9.17, 15) is 29.2 Å². The predicted octanol–water partition coefficient (Wildman–Crippen LogP) is 5.61. The Kier molecular flexibility index (Phi) is 10.9. The summed E-state index contributed by atoms with van der Waals surface area (Å²) in [5.74, 6) is -0.714. The van der Waals surface area contributed by atoms with Gasteiger partial charge >= 0.3 is 0 Å². The number of carbonyl (C=O) groups is 5. The highest BCUT2D eigenvalue weighted by atomic mass is 35.5. The van der Waals surface area contributed by atoms with Crippen molar-refractivity contribution in [1.29, 1.82) is 5.26 Å². The van der Waals surface area contributed by atoms with E-state index in [2.05, 4.69) is 53.8 Å². The molecule has 1 unspecified atom stereocenters. The molecule has 1 atom stereocenters. The number of anilines is 2. The Bertz CT molecular complexity index is 2260. The van der Waals surface area contributed by atoms with Gasteiger partial charge in [-0.1, -0.05) is 39.3 Å². The summed E-state index contributed by atoms with van der Waals surface area (Å²) in [6, 6.07) is 19.3. The first-order valence-electron chi connectivity index (χ1n) is 20.9. The van der Waals surface area contributed by atoms with Crippen LogP contribution in [0.2, 0.25) is 5.02 Å². The molecule has 314 valence electrons. The van der Waals surface area contributed by atoms with Gasteiger partial charge in [-0.05, 0) is 79.8 Å². The van der Waals surface area contributed by atoms with Gasteiger partial charge < -0.3 is 19.9 Å². The summed E-state index contributed by atoms with van der Waals surface area (Å²) >= 11 is 6.26. The molecule has 0 aromatic heterocycles. The third-order valence-electron chi connectivity index (χ3n) is 13.6. The Morgan fingerprint density at radius 2 is 1.45 bits per heavy atom. The van der Waals surface area contributed by atoms with Crippen LogP contribution < -0.4 is 19.9 Å². The van der Waals surface area contributed by atoms with Gasteiger partial charge in [-0.3, -0.25) is 38.7 Å². The van der Waals surface area contributed by atoms with Gasteiger partial charge in [0, 0.05) is 99.2 Å². The number of likely N-dealkylation sites (N-methyl/N-ethyl adjacent to an activating group) is 1. The second-order valence-corrected chi connectivity index (χ2v) is 18.5. The Morgan fingerprint density at radius 1 is 0.817 bits per heavy atom. The second-order valence-electron chi connectivity index (χ2n) is 18.1. The van der Waals surface area contributed by atoms with Crippen LogP contribution in [0.5, 0.6) is 5.75 Å². The number of imide groups is 2. The summed E-state index contributed by atoms with van der Waals surface area (Å²) in [5.41, 5.74) is 2.92. The van der Waals surface area contributed by atoms with E-state index >= 15 is 0 Å². The number of nitriles is 1. The maximum atomic E-state index is 13.5. The zero-order chi connectivity index (χ0) is 42.7. The monoisotopic (exact) mass is 833 g/mol. The number of hydrogen-bond acceptors (Lipinski definition) is 10. The fraction of sp³-hybridized carbons (Fsp3) is 0.478. The Hall–Kier alpha value is -5.45. The summed E-state index contributed by atoms with van der Waals surface area (Å²) in [7, 11) is 1.39. The lowest BCUT2D eigenvalue weighted by Crippen LogP contribution is -2.74. The summed E-state index contributed by atoms with van der Waals surface area (Å²) in [6.45, 7) is 14.7. The number of nitrogens with one attached hydrogen (secondary N) is 1. The van der Waals surface area contributed by atoms with Crippen molar-refractivity contribution in [3.63, 3.8) is 0 Å². The zero-order valence-electron chi connectivity index (χ0n) is 34.9. The zero-order valence-corrected chi connectivity index (χ0v) is 35.6. The topological polar surface area (TPSA) is 147 Å². The van der Waals surface area contributed by atoms with Crippen molar-refractivity contribution < 1.29 is 28.7 Å². The summed E-state index contributed by atoms with van der Waals surface area (Å²) in [4.78, 5) is 74.2. The molecular formula is C46H52ClN7O6. The lowest BCUT2D eigenvalue weighted by molar-refractivity contribution is -0.164. The van der Waals surface area contributed by atoms with Gasteiger partial charge in [0.15, 0.2) is 0 Å². The minimum Gasteiger partial charge on any atom is -0.489 e. The molecular weight excluding hydrogens is 782 g/mol. The van der Waals surface area contributed by atoms with Crippen LogP contribution in [0, 0.1) is 28.1 Å². The van der Waals surface area contributed by atoms with Crippen molar-refractivity contribution in [3.05, 3.63) is 87.9 Å². The number of halogens is 1. The first-order valence-corrected chi connectivity index (χ1v) is 21.3. The molecule has 13 nitrogen and oxygen atoms in total. The summed E-state index contributed by atoms with van der Waals surface area (Å²) in [5, 5.41) is 12.9. The van der Waals surface area contributed by atoms with Crippen LogP contribution in [0.4, 0.5) is 11.4 Å². The number of carbonyl (C=O) groups excluding carboxylic acids is 5. The standard InChI is InChI=1S/C46H52ClN7O6/c1-45(2)43(46(3,4)44(45)60-33-12-8-30(26-48)36(47)25-33)49-39(56)29-6-9-31(10-7-29)52-18-16-28(17-19-52)27-51-20-22-53(23-21-51)32-11-13-34-35(24-32)41(58)54(40(34)57)37-14-15-38(55)50(5)42(37)59/h6-13,24-25,28,37,43-44H,14-23,27H2,1-5H3,(H,49,56)/t37?,43-,44-. The van der Waals surface area contributed by atoms with Gasteiger partial charge in [0.25, 0.3) is 23.6 Å². The van der Waals surface area contributed by atoms with Crippen molar-refractivity contribution in [2.75, 3.05) is 62.7 Å². The lowest BCUT2D eigenvalue weighted by atomic mass is 9.49. The predicted molar refractivity (Wildman–Crippen MR) is 227 cm³/mol. The molecule has 0 spiro atoms. The number of hydrogen-bond donors (Lipinski definition) is 1. The quantitative estimate of drug-likeness (QED) is 0.270. The molecule has 0 radical (unpaired) electrons. The summed E-state index contributed by atoms with van der Waals surface area (Å²) in [6.07, 6.45) is 2.24. The third-order valence-corrected chi connectivity index (χ3v) is 13.9. The molecule has 14 heteroatoms. The lowest BCUT2D eigenvalue weighted by Gasteiger charge is -2.63. The maximum Gasteiger partial charge on any atom is 0.262 e. The van der Waals surface area contributed by atoms with Crippen molar-refractivity contribution in [1.82, 2.24) is 20.0 Å². The minimum atomic E-state index is -0.961. The fourth-order valence-electron chi connectivity index (χ4n) is 10.4. The van der Waals surface area contributed by atoms with Gasteiger partial charge in [0.05, 0.1) is 21.7 Å². The number of benzene rings is 3. The highest BCUT2D eigenvalue weighted by Crippen LogP contribution is 2.55. The second kappa shape index (κ2) is 15.9. The largest absolute Gasteiger partial charge is 0.489 e. The van der Waals surface area contributed by atoms with Crippen LogP contribution in [0.15, 0.2) is 60.7 Å². The SMILES string of the molecule is CN1C(=O)CCC(N2C(=O)c3ccc(N4CCN(CC5CCN(c6ccc(C(=O)N[C@H]7C(C)(C)[C@H](Oc8ccc(C#N)c(Cl)c8)C7(C)C)cc6)CC5)CC4)cc3C2=O)C1=O. The Morgan fingerprint density at radius 3 is 2.10 bits per heavy atom. The number of piperazine rings is 1. The highest BCUT2D eigenvalue weighted by Gasteiger charge is 2.64. The Balaban J connectivity index is 0.791. The number of rotatable bonds is 9. The molecule has 3 aromatic carbocycles. The van der Waals surface area contributed by atoms with E-state index in [1.807, 2.05) is 30.3 Å². The van der Waals surface area contributed by atoms with Crippen LogP contribution >= 0.6 is 11.6 Å². The van der Waals surface area contributed by atoms with Crippen LogP contribution in [-0.2, 0) is 9.59 Å². The molecule has 3 aromatic rings. The van der Waals surface area contributed by atoms with Gasteiger partial charge in [-0.2, -0.15) is 5.26 Å². The van der Waals surface area contributed by atoms with Gasteiger partial charge in [-0.25, -0.2) is 0 Å². The minimum absolute atomic E-state index is 0.113. The number of piperidine rings is 2. The van der Waals surface area contributed by atoms with E-state index in [4.69, 9.17) is 16.3 Å².